The summed E-state index contributed by atoms with van der Waals surface area (Å²) in [5, 5.41) is 44.1. The van der Waals surface area contributed by atoms with Gasteiger partial charge in [-0.3, -0.25) is 19.4 Å². The minimum absolute atomic E-state index is 0.153. The molecule has 0 aromatic carbocycles. The fourth-order valence-corrected chi connectivity index (χ4v) is 4.46. The maximum Gasteiger partial charge on any atom is 0.243 e. The Kier molecular flexibility index (Phi) is 14.8. The highest BCUT2D eigenvalue weighted by atomic mass is 16.3. The highest BCUT2D eigenvalue weighted by molar-refractivity contribution is 5.96. The van der Waals surface area contributed by atoms with Gasteiger partial charge in [0.25, 0.3) is 0 Å². The molecule has 200 valence electrons. The molecule has 0 radical (unpaired) electrons. The molecule has 0 bridgehead atoms. The lowest BCUT2D eigenvalue weighted by Gasteiger charge is -2.30. The quantitative estimate of drug-likeness (QED) is 0.141. The van der Waals surface area contributed by atoms with Crippen LogP contribution in [-0.4, -0.2) is 118 Å². The summed E-state index contributed by atoms with van der Waals surface area (Å²) < 4.78 is 0. The number of aliphatic hydroxyl groups excluding tert-OH is 4. The molecule has 0 aromatic heterocycles. The van der Waals surface area contributed by atoms with Crippen molar-refractivity contribution in [3.63, 3.8) is 0 Å². The molecule has 1 aliphatic rings. The summed E-state index contributed by atoms with van der Waals surface area (Å²) in [4.78, 5) is 29.0. The highest BCUT2D eigenvalue weighted by Gasteiger charge is 2.32. The molecular formula is C24H48N4O6. The van der Waals surface area contributed by atoms with Crippen LogP contribution in [0.15, 0.2) is 0 Å². The molecule has 0 spiro atoms. The minimum Gasteiger partial charge on any atom is -0.392 e. The SMILES string of the molecule is C[C@H](O)CN(CCCC[C@@H]1NC(=O)[C@@H](CCCCN(C[C@H](C)O)C[C@H](C)O)NC1=O)C[C@H](C)O. The van der Waals surface area contributed by atoms with Crippen molar-refractivity contribution in [3.05, 3.63) is 0 Å². The smallest absolute Gasteiger partial charge is 0.243 e. The maximum atomic E-state index is 12.5. The highest BCUT2D eigenvalue weighted by Crippen LogP contribution is 2.12. The second-order valence-corrected chi connectivity index (χ2v) is 10.0. The van der Waals surface area contributed by atoms with Crippen LogP contribution >= 0.6 is 0 Å². The molecule has 0 unspecified atom stereocenters. The van der Waals surface area contributed by atoms with Gasteiger partial charge in [0, 0.05) is 26.2 Å². The summed E-state index contributed by atoms with van der Waals surface area (Å²) in [6, 6.07) is -1.06. The van der Waals surface area contributed by atoms with Gasteiger partial charge in [-0.15, -0.1) is 0 Å². The van der Waals surface area contributed by atoms with Crippen LogP contribution in [0.5, 0.6) is 0 Å². The van der Waals surface area contributed by atoms with E-state index in [4.69, 9.17) is 0 Å². The van der Waals surface area contributed by atoms with Gasteiger partial charge in [-0.25, -0.2) is 0 Å². The Morgan fingerprint density at radius 2 is 0.912 bits per heavy atom. The van der Waals surface area contributed by atoms with E-state index in [0.29, 0.717) is 52.1 Å². The summed E-state index contributed by atoms with van der Waals surface area (Å²) in [5.74, 6) is -0.307. The monoisotopic (exact) mass is 488 g/mol. The first kappa shape index (κ1) is 30.7. The average molecular weight is 489 g/mol. The molecule has 34 heavy (non-hydrogen) atoms. The van der Waals surface area contributed by atoms with Crippen molar-refractivity contribution in [1.29, 1.82) is 0 Å². The van der Waals surface area contributed by atoms with Gasteiger partial charge in [-0.2, -0.15) is 0 Å². The van der Waals surface area contributed by atoms with Crippen molar-refractivity contribution in [1.82, 2.24) is 20.4 Å². The zero-order valence-corrected chi connectivity index (χ0v) is 21.4. The number of carbonyl (C=O) groups excluding carboxylic acids is 2. The lowest BCUT2D eigenvalue weighted by Crippen LogP contribution is -2.61. The van der Waals surface area contributed by atoms with Crippen LogP contribution in [0.3, 0.4) is 0 Å². The number of aliphatic hydroxyl groups is 4. The Balaban J connectivity index is 2.34. The molecule has 0 aromatic rings. The van der Waals surface area contributed by atoms with E-state index in [1.807, 2.05) is 9.80 Å². The van der Waals surface area contributed by atoms with Crippen LogP contribution in [0.1, 0.15) is 66.2 Å². The van der Waals surface area contributed by atoms with Crippen LogP contribution in [0, 0.1) is 0 Å². The molecule has 6 N–H and O–H groups in total. The van der Waals surface area contributed by atoms with Gasteiger partial charge in [-0.05, 0) is 79.3 Å². The Morgan fingerprint density at radius 1 is 0.618 bits per heavy atom. The number of hydrogen-bond acceptors (Lipinski definition) is 8. The van der Waals surface area contributed by atoms with Crippen LogP contribution in [0.2, 0.25) is 0 Å². The number of hydrogen-bond donors (Lipinski definition) is 6. The van der Waals surface area contributed by atoms with E-state index in [-0.39, 0.29) is 11.8 Å². The molecule has 1 saturated heterocycles. The zero-order valence-electron chi connectivity index (χ0n) is 21.4. The summed E-state index contributed by atoms with van der Waals surface area (Å²) in [7, 11) is 0. The topological polar surface area (TPSA) is 146 Å². The number of carbonyl (C=O) groups is 2. The molecule has 0 aliphatic carbocycles. The van der Waals surface area contributed by atoms with Gasteiger partial charge in [-0.1, -0.05) is 0 Å². The molecule has 6 atom stereocenters. The van der Waals surface area contributed by atoms with E-state index in [1.165, 1.54) is 0 Å². The van der Waals surface area contributed by atoms with E-state index in [0.717, 1.165) is 25.7 Å². The van der Waals surface area contributed by atoms with E-state index >= 15 is 0 Å². The Hall–Kier alpha value is -1.30. The van der Waals surface area contributed by atoms with Gasteiger partial charge >= 0.3 is 0 Å². The predicted molar refractivity (Wildman–Crippen MR) is 131 cm³/mol. The van der Waals surface area contributed by atoms with Crippen molar-refractivity contribution >= 4 is 11.8 Å². The number of piperazine rings is 1. The molecule has 1 aliphatic heterocycles. The summed E-state index contributed by atoms with van der Waals surface area (Å²) >= 11 is 0. The first-order valence-corrected chi connectivity index (χ1v) is 12.8. The van der Waals surface area contributed by atoms with Crippen molar-refractivity contribution in [2.24, 2.45) is 0 Å². The van der Waals surface area contributed by atoms with Crippen LogP contribution in [0.4, 0.5) is 0 Å². The Labute approximate surface area is 204 Å². The van der Waals surface area contributed by atoms with E-state index in [1.54, 1.807) is 27.7 Å². The summed E-state index contributed by atoms with van der Waals surface area (Å²) in [5.41, 5.74) is 0. The number of unbranched alkanes of at least 4 members (excludes halogenated alkanes) is 2. The lowest BCUT2D eigenvalue weighted by molar-refractivity contribution is -0.137. The van der Waals surface area contributed by atoms with E-state index < -0.39 is 36.5 Å². The normalized spacial score (nSPS) is 22.4. The number of nitrogens with zero attached hydrogens (tertiary/aromatic N) is 2. The van der Waals surface area contributed by atoms with Crippen LogP contribution in [-0.2, 0) is 9.59 Å². The predicted octanol–water partition coefficient (Wildman–Crippen LogP) is -0.563. The Bertz CT molecular complexity index is 518. The first-order valence-electron chi connectivity index (χ1n) is 12.8. The standard InChI is InChI=1S/C24H48N4O6/c1-17(29)13-27(14-18(2)30)11-7-5-9-21-23(33)26-22(24(34)25-21)10-6-8-12-28(15-19(3)31)16-20(4)32/h17-22,29-32H,5-16H2,1-4H3,(H,25,34)(H,26,33)/t17-,18-,19-,20-,21-,22+/m0/s1. The third kappa shape index (κ3) is 13.6. The lowest BCUT2D eigenvalue weighted by atomic mass is 10.0. The molecule has 1 rings (SSSR count). The van der Waals surface area contributed by atoms with Gasteiger partial charge < -0.3 is 31.1 Å². The van der Waals surface area contributed by atoms with Crippen molar-refractivity contribution in [3.8, 4) is 0 Å². The summed E-state index contributed by atoms with van der Waals surface area (Å²) in [6.45, 7) is 10.2. The van der Waals surface area contributed by atoms with Crippen LogP contribution in [0.25, 0.3) is 0 Å². The molecular weight excluding hydrogens is 440 g/mol. The molecule has 1 heterocycles. The second-order valence-electron chi connectivity index (χ2n) is 10.0. The van der Waals surface area contributed by atoms with Gasteiger partial charge in [0.2, 0.25) is 11.8 Å². The van der Waals surface area contributed by atoms with Crippen LogP contribution < -0.4 is 10.6 Å². The van der Waals surface area contributed by atoms with Gasteiger partial charge in [0.15, 0.2) is 0 Å². The van der Waals surface area contributed by atoms with Gasteiger partial charge in [0.1, 0.15) is 12.1 Å². The van der Waals surface area contributed by atoms with Crippen molar-refractivity contribution in [2.45, 2.75) is 103 Å². The van der Waals surface area contributed by atoms with E-state index in [2.05, 4.69) is 10.6 Å². The number of amides is 2. The number of rotatable bonds is 18. The summed E-state index contributed by atoms with van der Waals surface area (Å²) in [6.07, 6.45) is 2.32. The maximum absolute atomic E-state index is 12.5. The third-order valence-electron chi connectivity index (χ3n) is 5.79. The first-order chi connectivity index (χ1) is 16.0. The van der Waals surface area contributed by atoms with Crippen molar-refractivity contribution < 1.29 is 30.0 Å². The zero-order chi connectivity index (χ0) is 25.7. The number of nitrogens with one attached hydrogen (secondary N) is 2. The van der Waals surface area contributed by atoms with Gasteiger partial charge in [0.05, 0.1) is 24.4 Å². The molecule has 10 nitrogen and oxygen atoms in total. The Morgan fingerprint density at radius 3 is 1.18 bits per heavy atom. The molecule has 0 saturated carbocycles. The minimum atomic E-state index is -0.529. The molecule has 2 amide bonds. The molecule has 10 heteroatoms. The van der Waals surface area contributed by atoms with E-state index in [9.17, 15) is 30.0 Å². The average Bonchev–Trinajstić information content (AvgIpc) is 2.69. The fourth-order valence-electron chi connectivity index (χ4n) is 4.46. The second kappa shape index (κ2) is 16.4. The third-order valence-corrected chi connectivity index (χ3v) is 5.79. The van der Waals surface area contributed by atoms with Crippen molar-refractivity contribution in [2.75, 3.05) is 39.3 Å². The molecule has 1 fully saturated rings. The largest absolute Gasteiger partial charge is 0.392 e. The fraction of sp³-hybridized carbons (Fsp3) is 0.917.